The quantitative estimate of drug-likeness (QED) is 0.620. The first-order valence-electron chi connectivity index (χ1n) is 10.3. The number of alkyl halides is 2. The van der Waals surface area contributed by atoms with Gasteiger partial charge in [0.05, 0.1) is 29.8 Å². The molecule has 1 unspecified atom stereocenters. The Labute approximate surface area is 195 Å². The van der Waals surface area contributed by atoms with E-state index in [-0.39, 0.29) is 30.1 Å². The highest BCUT2D eigenvalue weighted by molar-refractivity contribution is 9.10. The van der Waals surface area contributed by atoms with E-state index in [1.54, 1.807) is 4.90 Å². The molecule has 2 aliphatic heterocycles. The Bertz CT molecular complexity index is 1070. The van der Waals surface area contributed by atoms with Gasteiger partial charge < -0.3 is 15.5 Å². The van der Waals surface area contributed by atoms with Crippen molar-refractivity contribution in [3.05, 3.63) is 45.4 Å². The highest BCUT2D eigenvalue weighted by Gasteiger charge is 2.35. The maximum absolute atomic E-state index is 13.5. The minimum atomic E-state index is -2.49. The Balaban J connectivity index is 1.50. The predicted octanol–water partition coefficient (Wildman–Crippen LogP) is 2.62. The zero-order valence-corrected chi connectivity index (χ0v) is 19.2. The summed E-state index contributed by atoms with van der Waals surface area (Å²) in [5.41, 5.74) is 2.07. The van der Waals surface area contributed by atoms with Crippen LogP contribution in [0, 0.1) is 5.82 Å². The van der Waals surface area contributed by atoms with Crippen molar-refractivity contribution in [2.45, 2.75) is 32.0 Å². The summed E-state index contributed by atoms with van der Waals surface area (Å²) in [5.74, 6) is -0.865. The molecule has 1 aromatic carbocycles. The Morgan fingerprint density at radius 3 is 2.91 bits per heavy atom. The van der Waals surface area contributed by atoms with Crippen molar-refractivity contribution in [3.63, 3.8) is 0 Å². The van der Waals surface area contributed by atoms with E-state index in [1.807, 2.05) is 0 Å². The lowest BCUT2D eigenvalue weighted by atomic mass is 10.1. The van der Waals surface area contributed by atoms with Crippen molar-refractivity contribution in [2.24, 2.45) is 0 Å². The summed E-state index contributed by atoms with van der Waals surface area (Å²) in [6, 6.07) is 3.77. The van der Waals surface area contributed by atoms with Gasteiger partial charge >= 0.3 is 6.03 Å². The third-order valence-electron chi connectivity index (χ3n) is 5.40. The van der Waals surface area contributed by atoms with Crippen LogP contribution >= 0.6 is 15.9 Å². The van der Waals surface area contributed by atoms with Gasteiger partial charge in [-0.05, 0) is 34.1 Å². The van der Waals surface area contributed by atoms with Gasteiger partial charge in [-0.15, -0.1) is 0 Å². The van der Waals surface area contributed by atoms with E-state index in [1.165, 1.54) is 29.9 Å². The van der Waals surface area contributed by atoms with Crippen LogP contribution in [0.5, 0.6) is 0 Å². The zero-order valence-electron chi connectivity index (χ0n) is 17.7. The van der Waals surface area contributed by atoms with Crippen LogP contribution < -0.4 is 10.6 Å². The number of benzene rings is 1. The van der Waals surface area contributed by atoms with Crippen molar-refractivity contribution in [2.75, 3.05) is 32.0 Å². The van der Waals surface area contributed by atoms with Crippen LogP contribution in [0.4, 0.5) is 23.7 Å². The molecule has 2 aliphatic rings. The topological polar surface area (TPSA) is 91.7 Å². The van der Waals surface area contributed by atoms with Crippen LogP contribution in [-0.2, 0) is 24.3 Å². The number of rotatable bonds is 5. The van der Waals surface area contributed by atoms with Crippen LogP contribution in [0.25, 0.3) is 0 Å². The maximum Gasteiger partial charge on any atom is 0.322 e. The van der Waals surface area contributed by atoms with Crippen molar-refractivity contribution in [1.82, 2.24) is 25.1 Å². The summed E-state index contributed by atoms with van der Waals surface area (Å²) in [7, 11) is 1.46. The second-order valence-electron chi connectivity index (χ2n) is 7.77. The summed E-state index contributed by atoms with van der Waals surface area (Å²) in [4.78, 5) is 32.9. The molecule has 0 fully saturated rings. The number of nitrogens with zero attached hydrogens (tertiary/aromatic N) is 4. The van der Waals surface area contributed by atoms with E-state index >= 15 is 0 Å². The average Bonchev–Trinajstić information content (AvgIpc) is 3.06. The highest BCUT2D eigenvalue weighted by atomic mass is 79.9. The first kappa shape index (κ1) is 23.5. The molecule has 2 N–H and O–H groups in total. The lowest BCUT2D eigenvalue weighted by Gasteiger charge is -2.27. The molecule has 2 aromatic rings. The van der Waals surface area contributed by atoms with E-state index in [9.17, 15) is 22.8 Å². The van der Waals surface area contributed by atoms with Gasteiger partial charge in [0.25, 0.3) is 12.3 Å². The van der Waals surface area contributed by atoms with Crippen molar-refractivity contribution in [1.29, 1.82) is 0 Å². The van der Waals surface area contributed by atoms with Gasteiger partial charge in [-0.2, -0.15) is 5.10 Å². The molecule has 1 aromatic heterocycles. The number of carbonyl (C=O) groups excluding carboxylic acids is 2. The van der Waals surface area contributed by atoms with Crippen molar-refractivity contribution >= 4 is 33.6 Å². The third-order valence-corrected chi connectivity index (χ3v) is 6.01. The fourth-order valence-electron chi connectivity index (χ4n) is 3.85. The van der Waals surface area contributed by atoms with E-state index in [0.29, 0.717) is 35.6 Å². The molecule has 0 saturated carbocycles. The molecule has 178 valence electrons. The van der Waals surface area contributed by atoms with Gasteiger partial charge in [-0.1, -0.05) is 0 Å². The molecule has 0 bridgehead atoms. The second-order valence-corrected chi connectivity index (χ2v) is 8.62. The normalized spacial score (nSPS) is 18.2. The van der Waals surface area contributed by atoms with Crippen LogP contribution in [0.2, 0.25) is 0 Å². The molecule has 9 nitrogen and oxygen atoms in total. The molecule has 0 radical (unpaired) electrons. The van der Waals surface area contributed by atoms with Crippen LogP contribution in [-0.4, -0.2) is 70.9 Å². The van der Waals surface area contributed by atoms with Crippen molar-refractivity contribution < 1.29 is 27.6 Å². The first-order chi connectivity index (χ1) is 15.7. The van der Waals surface area contributed by atoms with Gasteiger partial charge in [0.2, 0.25) is 0 Å². The lowest BCUT2D eigenvalue weighted by Crippen LogP contribution is -2.40. The second kappa shape index (κ2) is 9.69. The monoisotopic (exact) mass is 530 g/mol. The Kier molecular flexibility index (Phi) is 6.91. The number of nitrogens with one attached hydrogen (secondary N) is 2. The SMILES string of the molecule is CN1OC(CNCC(F)F)Cn2nc3c(c2C1=O)CN(C(=O)Nc1ccc(F)c(Br)c1)CC3. The Morgan fingerprint density at radius 1 is 1.39 bits per heavy atom. The fourth-order valence-corrected chi connectivity index (χ4v) is 4.23. The molecule has 33 heavy (non-hydrogen) atoms. The minimum Gasteiger partial charge on any atom is -0.320 e. The van der Waals surface area contributed by atoms with Gasteiger partial charge in [0, 0.05) is 37.8 Å². The maximum atomic E-state index is 13.5. The van der Waals surface area contributed by atoms with Crippen molar-refractivity contribution in [3.8, 4) is 0 Å². The van der Waals surface area contributed by atoms with E-state index in [2.05, 4.69) is 31.7 Å². The number of aromatic nitrogens is 2. The van der Waals surface area contributed by atoms with E-state index in [4.69, 9.17) is 4.84 Å². The Morgan fingerprint density at radius 2 is 2.18 bits per heavy atom. The highest BCUT2D eigenvalue weighted by Crippen LogP contribution is 2.27. The van der Waals surface area contributed by atoms with Gasteiger partial charge in [0.15, 0.2) is 0 Å². The number of amides is 3. The molecule has 0 aliphatic carbocycles. The minimum absolute atomic E-state index is 0.119. The number of carbonyl (C=O) groups is 2. The standard InChI is InChI=1S/C20H22BrF3N6O3/c1-28-19(31)18-13-10-29(20(32)26-11-2-3-15(22)14(21)6-11)5-4-16(13)27-30(18)9-12(33-28)7-25-8-17(23)24/h2-3,6,12,17,25H,4-5,7-10H2,1H3,(H,26,32). The largest absolute Gasteiger partial charge is 0.322 e. The summed E-state index contributed by atoms with van der Waals surface area (Å²) >= 11 is 3.09. The number of hydroxylamine groups is 2. The molecule has 4 rings (SSSR count). The molecular formula is C20H22BrF3N6O3. The van der Waals surface area contributed by atoms with Gasteiger partial charge in [0.1, 0.15) is 17.6 Å². The fraction of sp³-hybridized carbons (Fsp3) is 0.450. The predicted molar refractivity (Wildman–Crippen MR) is 115 cm³/mol. The van der Waals surface area contributed by atoms with Gasteiger partial charge in [-0.25, -0.2) is 23.0 Å². The number of anilines is 1. The summed E-state index contributed by atoms with van der Waals surface area (Å²) in [6.07, 6.45) is -2.62. The number of hydrogen-bond acceptors (Lipinski definition) is 5. The molecule has 0 spiro atoms. The summed E-state index contributed by atoms with van der Waals surface area (Å²) in [6.45, 7) is 0.386. The Hall–Kier alpha value is -2.64. The van der Waals surface area contributed by atoms with E-state index in [0.717, 1.165) is 5.06 Å². The summed E-state index contributed by atoms with van der Waals surface area (Å²) < 4.78 is 40.1. The summed E-state index contributed by atoms with van der Waals surface area (Å²) in [5, 5.41) is 11.0. The molecule has 0 saturated heterocycles. The molecule has 13 heteroatoms. The number of hydrogen-bond donors (Lipinski definition) is 2. The number of urea groups is 1. The van der Waals surface area contributed by atoms with Crippen LogP contribution in [0.1, 0.15) is 21.7 Å². The van der Waals surface area contributed by atoms with E-state index < -0.39 is 30.8 Å². The third kappa shape index (κ3) is 5.14. The van der Waals surface area contributed by atoms with Crippen LogP contribution in [0.15, 0.2) is 22.7 Å². The molecule has 3 amide bonds. The van der Waals surface area contributed by atoms with Crippen LogP contribution in [0.3, 0.4) is 0 Å². The smallest absolute Gasteiger partial charge is 0.320 e. The molecular weight excluding hydrogens is 509 g/mol. The number of halogens is 4. The average molecular weight is 531 g/mol. The first-order valence-corrected chi connectivity index (χ1v) is 11.1. The lowest BCUT2D eigenvalue weighted by molar-refractivity contribution is -0.146. The molecule has 3 heterocycles. The molecule has 1 atom stereocenters. The van der Waals surface area contributed by atoms with Gasteiger partial charge in [-0.3, -0.25) is 14.3 Å². The number of fused-ring (bicyclic) bond motifs is 3. The zero-order chi connectivity index (χ0) is 23.7.